The molecular formula is C13H17N2NaO4S. The first kappa shape index (κ1) is 18.3. The standard InChI is InChI=1S/C13H16N2O4S.Na.H/c1-9-11(13(2,3)20(17,18)19)12(16)15(14-9)10-7-5-4-6-8-10;;/h4-8,11H,1-3H3,(H,17,18,19);;/q;+1;-1. The normalized spacial score (nSPS) is 19.2. The molecule has 0 radical (unpaired) electrons. The van der Waals surface area contributed by atoms with Gasteiger partial charge < -0.3 is 1.43 Å². The molecule has 0 saturated carbocycles. The van der Waals surface area contributed by atoms with Crippen LogP contribution in [0, 0.1) is 5.92 Å². The number of anilines is 1. The van der Waals surface area contributed by atoms with E-state index in [4.69, 9.17) is 0 Å². The van der Waals surface area contributed by atoms with Crippen molar-refractivity contribution in [3.05, 3.63) is 30.3 Å². The Labute approximate surface area is 147 Å². The maximum Gasteiger partial charge on any atom is 1.00 e. The monoisotopic (exact) mass is 320 g/mol. The summed E-state index contributed by atoms with van der Waals surface area (Å²) < 4.78 is 30.7. The van der Waals surface area contributed by atoms with Crippen LogP contribution in [-0.4, -0.2) is 29.3 Å². The first-order valence-corrected chi connectivity index (χ1v) is 7.51. The summed E-state index contributed by atoms with van der Waals surface area (Å²) in [6, 6.07) is 8.73. The maximum absolute atomic E-state index is 12.4. The van der Waals surface area contributed by atoms with E-state index in [9.17, 15) is 17.8 Å². The van der Waals surface area contributed by atoms with Gasteiger partial charge in [0.05, 0.1) is 11.4 Å². The Morgan fingerprint density at radius 1 is 1.29 bits per heavy atom. The second-order valence-corrected chi connectivity index (χ2v) is 7.24. The number of hydrogen-bond acceptors (Lipinski definition) is 4. The van der Waals surface area contributed by atoms with Crippen LogP contribution in [0.1, 0.15) is 22.2 Å². The fourth-order valence-electron chi connectivity index (χ4n) is 2.27. The average molecular weight is 320 g/mol. The predicted molar refractivity (Wildman–Crippen MR) is 77.3 cm³/mol. The van der Waals surface area contributed by atoms with Gasteiger partial charge in [-0.15, -0.1) is 0 Å². The molecule has 1 aliphatic heterocycles. The van der Waals surface area contributed by atoms with Gasteiger partial charge in [0, 0.05) is 0 Å². The van der Waals surface area contributed by atoms with Gasteiger partial charge in [-0.25, -0.2) is 5.01 Å². The number of para-hydroxylation sites is 1. The van der Waals surface area contributed by atoms with Crippen molar-refractivity contribution in [1.82, 2.24) is 0 Å². The molecule has 1 aromatic carbocycles. The summed E-state index contributed by atoms with van der Waals surface area (Å²) in [4.78, 5) is 12.4. The van der Waals surface area contributed by atoms with Crippen LogP contribution < -0.4 is 34.6 Å². The molecule has 1 amide bonds. The van der Waals surface area contributed by atoms with Gasteiger partial charge in [-0.1, -0.05) is 18.2 Å². The summed E-state index contributed by atoms with van der Waals surface area (Å²) in [5, 5.41) is 5.30. The second kappa shape index (κ2) is 6.18. The Hall–Kier alpha value is -0.730. The number of hydrazone groups is 1. The molecule has 1 N–H and O–H groups in total. The third kappa shape index (κ3) is 3.22. The molecule has 1 heterocycles. The quantitative estimate of drug-likeness (QED) is 0.560. The molecule has 0 saturated heterocycles. The van der Waals surface area contributed by atoms with E-state index in [1.54, 1.807) is 37.3 Å². The Morgan fingerprint density at radius 2 is 1.81 bits per heavy atom. The number of rotatable bonds is 3. The number of carbonyl (C=O) groups is 1. The van der Waals surface area contributed by atoms with Crippen LogP contribution in [0.3, 0.4) is 0 Å². The third-order valence-electron chi connectivity index (χ3n) is 3.49. The van der Waals surface area contributed by atoms with Gasteiger partial charge in [0.2, 0.25) is 0 Å². The van der Waals surface area contributed by atoms with E-state index in [0.29, 0.717) is 11.4 Å². The molecule has 1 aromatic rings. The van der Waals surface area contributed by atoms with E-state index in [1.165, 1.54) is 18.9 Å². The fourth-order valence-corrected chi connectivity index (χ4v) is 2.84. The molecule has 2 rings (SSSR count). The van der Waals surface area contributed by atoms with Gasteiger partial charge in [0.25, 0.3) is 16.0 Å². The van der Waals surface area contributed by atoms with E-state index >= 15 is 0 Å². The van der Waals surface area contributed by atoms with Gasteiger partial charge in [-0.05, 0) is 32.9 Å². The number of nitrogens with zero attached hydrogens (tertiary/aromatic N) is 2. The minimum absolute atomic E-state index is 0. The maximum atomic E-state index is 12.4. The summed E-state index contributed by atoms with van der Waals surface area (Å²) in [5.41, 5.74) is 0.923. The number of hydrogen-bond donors (Lipinski definition) is 1. The van der Waals surface area contributed by atoms with Crippen LogP contribution in [0.25, 0.3) is 0 Å². The Kier molecular flexibility index (Phi) is 5.39. The largest absolute Gasteiger partial charge is 1.00 e. The van der Waals surface area contributed by atoms with Crippen molar-refractivity contribution in [3.63, 3.8) is 0 Å². The molecule has 1 aliphatic rings. The van der Waals surface area contributed by atoms with Crippen molar-refractivity contribution in [2.45, 2.75) is 25.5 Å². The van der Waals surface area contributed by atoms with E-state index in [-0.39, 0.29) is 31.0 Å². The zero-order valence-corrected chi connectivity index (χ0v) is 15.3. The van der Waals surface area contributed by atoms with Crippen molar-refractivity contribution in [2.24, 2.45) is 11.0 Å². The van der Waals surface area contributed by atoms with Crippen molar-refractivity contribution in [3.8, 4) is 0 Å². The summed E-state index contributed by atoms with van der Waals surface area (Å²) in [7, 11) is -4.39. The van der Waals surface area contributed by atoms with Gasteiger partial charge in [0.15, 0.2) is 0 Å². The summed E-state index contributed by atoms with van der Waals surface area (Å²) >= 11 is 0. The molecule has 1 atom stereocenters. The van der Waals surface area contributed by atoms with E-state index in [0.717, 1.165) is 0 Å². The van der Waals surface area contributed by atoms with Gasteiger partial charge in [-0.2, -0.15) is 13.5 Å². The molecule has 0 aromatic heterocycles. The van der Waals surface area contributed by atoms with E-state index < -0.39 is 26.7 Å². The van der Waals surface area contributed by atoms with Crippen LogP contribution in [-0.2, 0) is 14.9 Å². The minimum Gasteiger partial charge on any atom is -1.00 e. The number of benzene rings is 1. The van der Waals surface area contributed by atoms with Crippen molar-refractivity contribution < 1.29 is 48.7 Å². The number of amides is 1. The van der Waals surface area contributed by atoms with Crippen LogP contribution >= 0.6 is 0 Å². The topological polar surface area (TPSA) is 87.0 Å². The summed E-state index contributed by atoms with van der Waals surface area (Å²) in [6.07, 6.45) is 0. The van der Waals surface area contributed by atoms with Crippen molar-refractivity contribution >= 4 is 27.4 Å². The molecule has 21 heavy (non-hydrogen) atoms. The predicted octanol–water partition coefficient (Wildman–Crippen LogP) is -1.19. The Morgan fingerprint density at radius 3 is 2.29 bits per heavy atom. The SMILES string of the molecule is CC1=NN(c2ccccc2)C(=O)C1C(C)(C)S(=O)(=O)O.[H-].[Na+]. The molecular weight excluding hydrogens is 303 g/mol. The van der Waals surface area contributed by atoms with Crippen molar-refractivity contribution in [1.29, 1.82) is 0 Å². The molecule has 0 bridgehead atoms. The smallest absolute Gasteiger partial charge is 1.00 e. The van der Waals surface area contributed by atoms with Crippen LogP contribution in [0.5, 0.6) is 0 Å². The molecule has 8 heteroatoms. The second-order valence-electron chi connectivity index (χ2n) is 5.24. The zero-order valence-electron chi connectivity index (χ0n) is 13.4. The average Bonchev–Trinajstić information content (AvgIpc) is 2.65. The molecule has 110 valence electrons. The van der Waals surface area contributed by atoms with E-state index in [1.807, 2.05) is 0 Å². The molecule has 0 fully saturated rings. The minimum atomic E-state index is -4.39. The van der Waals surface area contributed by atoms with Crippen LogP contribution in [0.2, 0.25) is 0 Å². The zero-order chi connectivity index (χ0) is 15.1. The van der Waals surface area contributed by atoms with Crippen molar-refractivity contribution in [2.75, 3.05) is 5.01 Å². The van der Waals surface area contributed by atoms with E-state index in [2.05, 4.69) is 5.10 Å². The number of carbonyl (C=O) groups excluding carboxylic acids is 1. The molecule has 0 aliphatic carbocycles. The first-order chi connectivity index (χ1) is 9.16. The Balaban J connectivity index is 0.00000220. The van der Waals surface area contributed by atoms with Crippen LogP contribution in [0.15, 0.2) is 35.4 Å². The molecule has 6 nitrogen and oxygen atoms in total. The molecule has 0 spiro atoms. The van der Waals surface area contributed by atoms with Gasteiger partial charge in [0.1, 0.15) is 10.7 Å². The summed E-state index contributed by atoms with van der Waals surface area (Å²) in [6.45, 7) is 4.22. The molecule has 1 unspecified atom stereocenters. The van der Waals surface area contributed by atoms with Gasteiger partial charge >= 0.3 is 29.6 Å². The fraction of sp³-hybridized carbons (Fsp3) is 0.385. The first-order valence-electron chi connectivity index (χ1n) is 6.07. The summed E-state index contributed by atoms with van der Waals surface area (Å²) in [5.74, 6) is -1.46. The Bertz CT molecular complexity index is 677. The third-order valence-corrected chi connectivity index (χ3v) is 5.06. The van der Waals surface area contributed by atoms with Crippen LogP contribution in [0.4, 0.5) is 5.69 Å². The van der Waals surface area contributed by atoms with Gasteiger partial charge in [-0.3, -0.25) is 9.35 Å².